The lowest BCUT2D eigenvalue weighted by Crippen LogP contribution is -2.39. The summed E-state index contributed by atoms with van der Waals surface area (Å²) in [5, 5.41) is 3.45. The molecule has 3 nitrogen and oxygen atoms in total. The van der Waals surface area contributed by atoms with E-state index in [1.54, 1.807) is 7.11 Å². The summed E-state index contributed by atoms with van der Waals surface area (Å²) < 4.78 is 5.12. The van der Waals surface area contributed by atoms with Gasteiger partial charge in [-0.3, -0.25) is 4.90 Å². The van der Waals surface area contributed by atoms with Gasteiger partial charge in [-0.05, 0) is 31.8 Å². The van der Waals surface area contributed by atoms with E-state index in [4.69, 9.17) is 4.74 Å². The van der Waals surface area contributed by atoms with Gasteiger partial charge in [0.05, 0.1) is 6.61 Å². The van der Waals surface area contributed by atoms with Gasteiger partial charge in [-0.25, -0.2) is 0 Å². The molecule has 15 heavy (non-hydrogen) atoms. The van der Waals surface area contributed by atoms with Crippen LogP contribution in [0, 0.1) is 5.92 Å². The molecule has 1 aliphatic heterocycles. The third-order valence-electron chi connectivity index (χ3n) is 2.91. The van der Waals surface area contributed by atoms with Crippen molar-refractivity contribution >= 4 is 0 Å². The van der Waals surface area contributed by atoms with Gasteiger partial charge in [-0.15, -0.1) is 6.58 Å². The molecule has 0 aromatic carbocycles. The van der Waals surface area contributed by atoms with Crippen molar-refractivity contribution in [3.63, 3.8) is 0 Å². The molecule has 1 atom stereocenters. The van der Waals surface area contributed by atoms with E-state index in [1.807, 2.05) is 6.08 Å². The average Bonchev–Trinajstić information content (AvgIpc) is 2.28. The molecule has 0 amide bonds. The third kappa shape index (κ3) is 5.30. The monoisotopic (exact) mass is 212 g/mol. The van der Waals surface area contributed by atoms with Crippen molar-refractivity contribution in [2.75, 3.05) is 46.4 Å². The first-order chi connectivity index (χ1) is 7.36. The zero-order chi connectivity index (χ0) is 10.9. The van der Waals surface area contributed by atoms with Crippen LogP contribution in [0.5, 0.6) is 0 Å². The highest BCUT2D eigenvalue weighted by atomic mass is 16.5. The molecule has 0 aromatic heterocycles. The first-order valence-corrected chi connectivity index (χ1v) is 5.89. The third-order valence-corrected chi connectivity index (χ3v) is 2.91. The quantitative estimate of drug-likeness (QED) is 0.640. The summed E-state index contributed by atoms with van der Waals surface area (Å²) in [6.45, 7) is 10.1. The molecule has 0 radical (unpaired) electrons. The molecule has 0 aliphatic carbocycles. The first kappa shape index (κ1) is 12.7. The van der Waals surface area contributed by atoms with Crippen LogP contribution in [0.25, 0.3) is 0 Å². The fraction of sp³-hybridized carbons (Fsp3) is 0.833. The van der Waals surface area contributed by atoms with E-state index in [0.29, 0.717) is 0 Å². The summed E-state index contributed by atoms with van der Waals surface area (Å²) in [5.74, 6) is 0.801. The van der Waals surface area contributed by atoms with Crippen molar-refractivity contribution in [1.82, 2.24) is 10.2 Å². The van der Waals surface area contributed by atoms with Gasteiger partial charge in [-0.2, -0.15) is 0 Å². The van der Waals surface area contributed by atoms with Gasteiger partial charge in [-0.1, -0.05) is 6.08 Å². The minimum Gasteiger partial charge on any atom is -0.383 e. The summed E-state index contributed by atoms with van der Waals surface area (Å²) in [7, 11) is 1.76. The Balaban J connectivity index is 2.24. The number of hydrogen-bond donors (Lipinski definition) is 1. The molecule has 0 aromatic rings. The number of methoxy groups -OCH3 is 1. The number of ether oxygens (including phenoxy) is 1. The Labute approximate surface area is 93.5 Å². The number of hydrogen-bond acceptors (Lipinski definition) is 3. The first-order valence-electron chi connectivity index (χ1n) is 5.89. The Kier molecular flexibility index (Phi) is 6.64. The molecule has 1 aliphatic rings. The SMILES string of the molecule is C=CCN(CCOC)CC1CCCNC1. The lowest BCUT2D eigenvalue weighted by Gasteiger charge is -2.29. The molecular weight excluding hydrogens is 188 g/mol. The summed E-state index contributed by atoms with van der Waals surface area (Å²) in [6, 6.07) is 0. The van der Waals surface area contributed by atoms with E-state index < -0.39 is 0 Å². The fourth-order valence-corrected chi connectivity index (χ4v) is 2.11. The van der Waals surface area contributed by atoms with Gasteiger partial charge in [0.15, 0.2) is 0 Å². The topological polar surface area (TPSA) is 24.5 Å². The van der Waals surface area contributed by atoms with Crippen LogP contribution in [-0.4, -0.2) is 51.3 Å². The van der Waals surface area contributed by atoms with E-state index >= 15 is 0 Å². The molecule has 1 rings (SSSR count). The van der Waals surface area contributed by atoms with Crippen LogP contribution in [0.15, 0.2) is 12.7 Å². The summed E-state index contributed by atoms with van der Waals surface area (Å²) in [6.07, 6.45) is 4.65. The molecule has 0 spiro atoms. The van der Waals surface area contributed by atoms with Gasteiger partial charge in [0.1, 0.15) is 0 Å². The van der Waals surface area contributed by atoms with Crippen molar-refractivity contribution in [3.05, 3.63) is 12.7 Å². The molecule has 1 fully saturated rings. The van der Waals surface area contributed by atoms with E-state index in [1.165, 1.54) is 32.5 Å². The highest BCUT2D eigenvalue weighted by molar-refractivity contribution is 4.78. The van der Waals surface area contributed by atoms with Crippen LogP contribution in [0.4, 0.5) is 0 Å². The standard InChI is InChI=1S/C12H24N2O/c1-3-7-14(8-9-15-2)11-12-5-4-6-13-10-12/h3,12-13H,1,4-11H2,2H3. The Morgan fingerprint density at radius 2 is 2.47 bits per heavy atom. The van der Waals surface area contributed by atoms with E-state index in [9.17, 15) is 0 Å². The van der Waals surface area contributed by atoms with Crippen molar-refractivity contribution in [1.29, 1.82) is 0 Å². The molecule has 88 valence electrons. The zero-order valence-electron chi connectivity index (χ0n) is 9.87. The molecule has 0 saturated carbocycles. The van der Waals surface area contributed by atoms with Crippen LogP contribution in [0.3, 0.4) is 0 Å². The van der Waals surface area contributed by atoms with Gasteiger partial charge in [0.2, 0.25) is 0 Å². The maximum Gasteiger partial charge on any atom is 0.0589 e. The number of nitrogens with one attached hydrogen (secondary N) is 1. The predicted molar refractivity (Wildman–Crippen MR) is 64.1 cm³/mol. The lowest BCUT2D eigenvalue weighted by molar-refractivity contribution is 0.139. The molecule has 3 heteroatoms. The Morgan fingerprint density at radius 1 is 1.60 bits per heavy atom. The Morgan fingerprint density at radius 3 is 3.07 bits per heavy atom. The number of piperidine rings is 1. The van der Waals surface area contributed by atoms with Gasteiger partial charge in [0.25, 0.3) is 0 Å². The second-order valence-corrected chi connectivity index (χ2v) is 4.25. The van der Waals surface area contributed by atoms with E-state index in [0.717, 1.165) is 25.6 Å². The predicted octanol–water partition coefficient (Wildman–Crippen LogP) is 1.12. The minimum atomic E-state index is 0.801. The number of rotatable bonds is 7. The van der Waals surface area contributed by atoms with Crippen LogP contribution in [0.1, 0.15) is 12.8 Å². The molecule has 1 unspecified atom stereocenters. The lowest BCUT2D eigenvalue weighted by atomic mass is 9.99. The summed E-state index contributed by atoms with van der Waals surface area (Å²) >= 11 is 0. The van der Waals surface area contributed by atoms with Crippen molar-refractivity contribution in [2.24, 2.45) is 5.92 Å². The van der Waals surface area contributed by atoms with Crippen LogP contribution in [-0.2, 0) is 4.74 Å². The van der Waals surface area contributed by atoms with E-state index in [2.05, 4.69) is 16.8 Å². The maximum atomic E-state index is 5.12. The normalized spacial score (nSPS) is 21.9. The molecule has 1 N–H and O–H groups in total. The van der Waals surface area contributed by atoms with Crippen molar-refractivity contribution in [2.45, 2.75) is 12.8 Å². The van der Waals surface area contributed by atoms with Gasteiger partial charge >= 0.3 is 0 Å². The molecule has 0 bridgehead atoms. The van der Waals surface area contributed by atoms with E-state index in [-0.39, 0.29) is 0 Å². The van der Waals surface area contributed by atoms with Gasteiger partial charge in [0, 0.05) is 26.7 Å². The van der Waals surface area contributed by atoms with Crippen LogP contribution >= 0.6 is 0 Å². The molecule has 1 saturated heterocycles. The maximum absolute atomic E-state index is 5.12. The second-order valence-electron chi connectivity index (χ2n) is 4.25. The average molecular weight is 212 g/mol. The van der Waals surface area contributed by atoms with Crippen molar-refractivity contribution in [3.8, 4) is 0 Å². The molecular formula is C12H24N2O. The van der Waals surface area contributed by atoms with Crippen LogP contribution in [0.2, 0.25) is 0 Å². The smallest absolute Gasteiger partial charge is 0.0589 e. The van der Waals surface area contributed by atoms with Crippen molar-refractivity contribution < 1.29 is 4.74 Å². The summed E-state index contributed by atoms with van der Waals surface area (Å²) in [4.78, 5) is 2.42. The highest BCUT2D eigenvalue weighted by Gasteiger charge is 2.15. The van der Waals surface area contributed by atoms with Crippen LogP contribution < -0.4 is 5.32 Å². The van der Waals surface area contributed by atoms with Gasteiger partial charge < -0.3 is 10.1 Å². The Hall–Kier alpha value is -0.380. The summed E-state index contributed by atoms with van der Waals surface area (Å²) in [5.41, 5.74) is 0. The Bertz CT molecular complexity index is 167. The minimum absolute atomic E-state index is 0.801. The number of nitrogens with zero attached hydrogens (tertiary/aromatic N) is 1. The highest BCUT2D eigenvalue weighted by Crippen LogP contribution is 2.11. The fourth-order valence-electron chi connectivity index (χ4n) is 2.11. The molecule has 1 heterocycles. The largest absolute Gasteiger partial charge is 0.383 e. The zero-order valence-corrected chi connectivity index (χ0v) is 9.87. The second kappa shape index (κ2) is 7.85.